The lowest BCUT2D eigenvalue weighted by atomic mass is 9.78. The Morgan fingerprint density at radius 1 is 1.54 bits per heavy atom. The molecule has 13 heavy (non-hydrogen) atoms. The van der Waals surface area contributed by atoms with Crippen molar-refractivity contribution < 1.29 is 9.90 Å². The van der Waals surface area contributed by atoms with Crippen molar-refractivity contribution >= 4 is 5.97 Å². The first-order chi connectivity index (χ1) is 6.15. The Morgan fingerprint density at radius 2 is 2.31 bits per heavy atom. The van der Waals surface area contributed by atoms with E-state index >= 15 is 0 Å². The molecule has 2 bridgehead atoms. The summed E-state index contributed by atoms with van der Waals surface area (Å²) < 4.78 is 0. The highest BCUT2D eigenvalue weighted by Gasteiger charge is 2.50. The second-order valence-electron chi connectivity index (χ2n) is 4.24. The first-order valence-corrected chi connectivity index (χ1v) is 4.86. The largest absolute Gasteiger partial charge is 0.481 e. The molecule has 2 fully saturated rings. The van der Waals surface area contributed by atoms with Crippen molar-refractivity contribution in [3.8, 4) is 0 Å². The van der Waals surface area contributed by atoms with Gasteiger partial charge in [0.25, 0.3) is 0 Å². The second-order valence-corrected chi connectivity index (χ2v) is 4.24. The van der Waals surface area contributed by atoms with E-state index in [9.17, 15) is 9.90 Å². The number of carboxylic acid groups (broad SMARTS) is 1. The molecule has 3 N–H and O–H groups in total. The highest BCUT2D eigenvalue weighted by Crippen LogP contribution is 2.37. The second kappa shape index (κ2) is 2.96. The van der Waals surface area contributed by atoms with E-state index in [1.54, 1.807) is 0 Å². The number of rotatable bonds is 1. The van der Waals surface area contributed by atoms with Gasteiger partial charge in [0.15, 0.2) is 0 Å². The summed E-state index contributed by atoms with van der Waals surface area (Å²) in [4.78, 5) is 13.4. The van der Waals surface area contributed by atoms with Crippen LogP contribution in [0.2, 0.25) is 0 Å². The minimum Gasteiger partial charge on any atom is -0.481 e. The molecule has 74 valence electrons. The smallest absolute Gasteiger partial charge is 0.312 e. The molecule has 0 saturated carbocycles. The molecule has 3 unspecified atom stereocenters. The fourth-order valence-electron chi connectivity index (χ4n) is 2.55. The monoisotopic (exact) mass is 184 g/mol. The van der Waals surface area contributed by atoms with Crippen LogP contribution < -0.4 is 5.73 Å². The molecule has 0 aromatic carbocycles. The van der Waals surface area contributed by atoms with Gasteiger partial charge in [-0.1, -0.05) is 0 Å². The number of fused-ring (bicyclic) bond motifs is 2. The van der Waals surface area contributed by atoms with Gasteiger partial charge in [-0.3, -0.25) is 4.79 Å². The van der Waals surface area contributed by atoms with Crippen molar-refractivity contribution in [2.24, 2.45) is 11.1 Å². The number of nitrogens with two attached hydrogens (primary N) is 1. The van der Waals surface area contributed by atoms with Gasteiger partial charge < -0.3 is 15.7 Å². The fourth-order valence-corrected chi connectivity index (χ4v) is 2.55. The third-order valence-corrected chi connectivity index (χ3v) is 3.51. The van der Waals surface area contributed by atoms with E-state index in [0.717, 1.165) is 32.4 Å². The highest BCUT2D eigenvalue weighted by atomic mass is 16.4. The van der Waals surface area contributed by atoms with E-state index in [4.69, 9.17) is 5.73 Å². The summed E-state index contributed by atoms with van der Waals surface area (Å²) in [6.45, 7) is 2.58. The van der Waals surface area contributed by atoms with Crippen LogP contribution in [0.5, 0.6) is 0 Å². The van der Waals surface area contributed by atoms with Crippen LogP contribution in [-0.4, -0.2) is 41.7 Å². The number of hydrogen-bond acceptors (Lipinski definition) is 3. The molecule has 4 nitrogen and oxygen atoms in total. The van der Waals surface area contributed by atoms with E-state index in [2.05, 4.69) is 4.90 Å². The Kier molecular flexibility index (Phi) is 2.04. The highest BCUT2D eigenvalue weighted by molar-refractivity contribution is 5.76. The molecule has 2 saturated heterocycles. The minimum absolute atomic E-state index is 0.155. The van der Waals surface area contributed by atoms with Crippen molar-refractivity contribution in [1.82, 2.24) is 4.90 Å². The molecular formula is C9H16N2O2. The molecule has 0 aromatic heterocycles. The molecule has 4 heteroatoms. The third kappa shape index (κ3) is 1.25. The van der Waals surface area contributed by atoms with Gasteiger partial charge in [0, 0.05) is 12.6 Å². The van der Waals surface area contributed by atoms with Crippen LogP contribution in [0.4, 0.5) is 0 Å². The van der Waals surface area contributed by atoms with Crippen LogP contribution >= 0.6 is 0 Å². The standard InChI is InChI=1S/C9H16N2O2/c10-7-2-1-4-11-5-3-9(7,6-11)8(12)13/h7H,1-6,10H2,(H,12,13). The maximum atomic E-state index is 11.2. The lowest BCUT2D eigenvalue weighted by molar-refractivity contribution is -0.149. The molecule has 0 amide bonds. The summed E-state index contributed by atoms with van der Waals surface area (Å²) in [6, 6.07) is -0.155. The summed E-state index contributed by atoms with van der Waals surface area (Å²) in [5.41, 5.74) is 5.30. The first kappa shape index (κ1) is 8.97. The van der Waals surface area contributed by atoms with E-state index in [1.165, 1.54) is 0 Å². The summed E-state index contributed by atoms with van der Waals surface area (Å²) >= 11 is 0. The Labute approximate surface area is 77.7 Å². The molecule has 2 rings (SSSR count). The van der Waals surface area contributed by atoms with E-state index in [1.807, 2.05) is 0 Å². The average molecular weight is 184 g/mol. The van der Waals surface area contributed by atoms with Gasteiger partial charge in [-0.25, -0.2) is 0 Å². The van der Waals surface area contributed by atoms with Gasteiger partial charge in [-0.05, 0) is 32.4 Å². The van der Waals surface area contributed by atoms with Gasteiger partial charge in [-0.15, -0.1) is 0 Å². The van der Waals surface area contributed by atoms with Crippen LogP contribution in [-0.2, 0) is 4.79 Å². The Bertz CT molecular complexity index is 232. The average Bonchev–Trinajstić information content (AvgIpc) is 2.41. The lowest BCUT2D eigenvalue weighted by Crippen LogP contribution is -2.48. The summed E-state index contributed by atoms with van der Waals surface area (Å²) in [6.07, 6.45) is 2.61. The van der Waals surface area contributed by atoms with Crippen molar-refractivity contribution in [2.75, 3.05) is 19.6 Å². The van der Waals surface area contributed by atoms with Crippen LogP contribution in [0.25, 0.3) is 0 Å². The number of hydrogen-bond donors (Lipinski definition) is 2. The van der Waals surface area contributed by atoms with Crippen molar-refractivity contribution in [3.05, 3.63) is 0 Å². The topological polar surface area (TPSA) is 66.6 Å². The molecule has 0 spiro atoms. The summed E-state index contributed by atoms with van der Waals surface area (Å²) in [5, 5.41) is 9.20. The van der Waals surface area contributed by atoms with Crippen molar-refractivity contribution in [2.45, 2.75) is 25.3 Å². The Balaban J connectivity index is 2.27. The summed E-state index contributed by atoms with van der Waals surface area (Å²) in [7, 11) is 0. The molecule has 0 aliphatic carbocycles. The molecule has 2 heterocycles. The normalized spacial score (nSPS) is 44.4. The lowest BCUT2D eigenvalue weighted by Gasteiger charge is -2.28. The SMILES string of the molecule is NC1CCCN2CCC1(C(=O)O)C2. The Morgan fingerprint density at radius 3 is 3.00 bits per heavy atom. The van der Waals surface area contributed by atoms with E-state index < -0.39 is 11.4 Å². The molecule has 0 radical (unpaired) electrons. The Hall–Kier alpha value is -0.610. The predicted molar refractivity (Wildman–Crippen MR) is 48.3 cm³/mol. The zero-order valence-corrected chi connectivity index (χ0v) is 7.70. The van der Waals surface area contributed by atoms with E-state index in [-0.39, 0.29) is 6.04 Å². The third-order valence-electron chi connectivity index (χ3n) is 3.51. The number of carbonyl (C=O) groups is 1. The number of carboxylic acids is 1. The van der Waals surface area contributed by atoms with Gasteiger partial charge in [-0.2, -0.15) is 0 Å². The maximum Gasteiger partial charge on any atom is 0.312 e. The van der Waals surface area contributed by atoms with Gasteiger partial charge in [0.1, 0.15) is 0 Å². The van der Waals surface area contributed by atoms with Crippen molar-refractivity contribution in [3.63, 3.8) is 0 Å². The first-order valence-electron chi connectivity index (χ1n) is 4.86. The number of nitrogens with zero attached hydrogens (tertiary/aromatic N) is 1. The maximum absolute atomic E-state index is 11.2. The quantitative estimate of drug-likeness (QED) is 0.596. The minimum atomic E-state index is -0.704. The summed E-state index contributed by atoms with van der Waals surface area (Å²) in [5.74, 6) is -0.704. The molecule has 2 aliphatic rings. The molecular weight excluding hydrogens is 168 g/mol. The van der Waals surface area contributed by atoms with Crippen LogP contribution in [0.15, 0.2) is 0 Å². The molecule has 0 aromatic rings. The zero-order valence-electron chi connectivity index (χ0n) is 7.70. The zero-order chi connectivity index (χ0) is 9.47. The van der Waals surface area contributed by atoms with Crippen molar-refractivity contribution in [1.29, 1.82) is 0 Å². The molecule has 3 atom stereocenters. The molecule has 2 aliphatic heterocycles. The fraction of sp³-hybridized carbons (Fsp3) is 0.889. The van der Waals surface area contributed by atoms with Crippen LogP contribution in [0.1, 0.15) is 19.3 Å². The van der Waals surface area contributed by atoms with Gasteiger partial charge in [0.05, 0.1) is 5.41 Å². The van der Waals surface area contributed by atoms with Crippen LogP contribution in [0.3, 0.4) is 0 Å². The van der Waals surface area contributed by atoms with E-state index in [0.29, 0.717) is 6.54 Å². The van der Waals surface area contributed by atoms with Crippen LogP contribution in [0, 0.1) is 5.41 Å². The van der Waals surface area contributed by atoms with Gasteiger partial charge >= 0.3 is 5.97 Å². The number of aliphatic carboxylic acids is 1. The van der Waals surface area contributed by atoms with Gasteiger partial charge in [0.2, 0.25) is 0 Å². The predicted octanol–water partition coefficient (Wildman–Crippen LogP) is -0.116.